The van der Waals surface area contributed by atoms with Gasteiger partial charge in [0.2, 0.25) is 11.8 Å². The molecule has 1 aliphatic heterocycles. The van der Waals surface area contributed by atoms with E-state index in [9.17, 15) is 14.4 Å². The summed E-state index contributed by atoms with van der Waals surface area (Å²) in [5.41, 5.74) is 1.43. The Kier molecular flexibility index (Phi) is 4.99. The Morgan fingerprint density at radius 3 is 2.36 bits per heavy atom. The lowest BCUT2D eigenvalue weighted by molar-refractivity contribution is -0.137. The average molecular weight is 401 g/mol. The van der Waals surface area contributed by atoms with Gasteiger partial charge in [-0.25, -0.2) is 4.90 Å². The lowest BCUT2D eigenvalue weighted by Crippen LogP contribution is -2.44. The lowest BCUT2D eigenvalue weighted by atomic mass is 10.1. The van der Waals surface area contributed by atoms with E-state index < -0.39 is 6.04 Å². The van der Waals surface area contributed by atoms with Crippen molar-refractivity contribution in [2.75, 3.05) is 4.90 Å². The monoisotopic (exact) mass is 400 g/mol. The van der Waals surface area contributed by atoms with E-state index in [1.807, 2.05) is 30.3 Å². The second-order valence-corrected chi connectivity index (χ2v) is 6.81. The number of rotatable bonds is 4. The van der Waals surface area contributed by atoms with Gasteiger partial charge in [-0.05, 0) is 29.8 Å². The van der Waals surface area contributed by atoms with Gasteiger partial charge in [-0.3, -0.25) is 14.4 Å². The highest BCUT2D eigenvalue weighted by atomic mass is 79.9. The summed E-state index contributed by atoms with van der Waals surface area (Å²) in [6.45, 7) is 1.72. The standard InChI is InChI=1S/C19H17BrN2O3/c1-13(23)21(12-14-5-3-2-4-6-14)17-11-18(24)22(19(17)25)16-9-7-15(20)8-10-16/h2-10,17H,11-12H2,1H3. The molecule has 2 aromatic carbocycles. The Morgan fingerprint density at radius 2 is 1.76 bits per heavy atom. The number of amides is 3. The van der Waals surface area contributed by atoms with Crippen molar-refractivity contribution in [3.8, 4) is 0 Å². The number of imide groups is 1. The van der Waals surface area contributed by atoms with E-state index in [2.05, 4.69) is 15.9 Å². The van der Waals surface area contributed by atoms with Crippen LogP contribution in [0.2, 0.25) is 0 Å². The van der Waals surface area contributed by atoms with Crippen LogP contribution in [0, 0.1) is 0 Å². The first-order valence-electron chi connectivity index (χ1n) is 7.91. The number of nitrogens with zero attached hydrogens (tertiary/aromatic N) is 2. The van der Waals surface area contributed by atoms with Crippen molar-refractivity contribution >= 4 is 39.3 Å². The number of hydrogen-bond acceptors (Lipinski definition) is 3. The van der Waals surface area contributed by atoms with E-state index in [-0.39, 0.29) is 24.1 Å². The Balaban J connectivity index is 1.86. The van der Waals surface area contributed by atoms with Crippen LogP contribution >= 0.6 is 15.9 Å². The molecule has 1 heterocycles. The first-order valence-corrected chi connectivity index (χ1v) is 8.70. The molecule has 1 unspecified atom stereocenters. The highest BCUT2D eigenvalue weighted by molar-refractivity contribution is 9.10. The largest absolute Gasteiger partial charge is 0.326 e. The minimum Gasteiger partial charge on any atom is -0.326 e. The molecule has 3 rings (SSSR count). The Labute approximate surface area is 154 Å². The van der Waals surface area contributed by atoms with Crippen molar-refractivity contribution in [3.05, 3.63) is 64.6 Å². The van der Waals surface area contributed by atoms with E-state index in [4.69, 9.17) is 0 Å². The molecule has 1 fully saturated rings. The molecule has 0 aromatic heterocycles. The van der Waals surface area contributed by atoms with Crippen LogP contribution in [0.25, 0.3) is 0 Å². The fraction of sp³-hybridized carbons (Fsp3) is 0.211. The van der Waals surface area contributed by atoms with Gasteiger partial charge in [-0.15, -0.1) is 0 Å². The van der Waals surface area contributed by atoms with E-state index in [1.165, 1.54) is 11.8 Å². The minimum atomic E-state index is -0.770. The molecule has 0 spiro atoms. The zero-order chi connectivity index (χ0) is 18.0. The number of anilines is 1. The van der Waals surface area contributed by atoms with Gasteiger partial charge >= 0.3 is 0 Å². The SMILES string of the molecule is CC(=O)N(Cc1ccccc1)C1CC(=O)N(c2ccc(Br)cc2)C1=O. The van der Waals surface area contributed by atoms with Crippen LogP contribution in [0.1, 0.15) is 18.9 Å². The zero-order valence-corrected chi connectivity index (χ0v) is 15.3. The lowest BCUT2D eigenvalue weighted by Gasteiger charge is -2.26. The van der Waals surface area contributed by atoms with Crippen LogP contribution in [-0.4, -0.2) is 28.7 Å². The van der Waals surface area contributed by atoms with Crippen LogP contribution in [0.3, 0.4) is 0 Å². The molecule has 6 heteroatoms. The van der Waals surface area contributed by atoms with Crippen LogP contribution in [0.15, 0.2) is 59.1 Å². The van der Waals surface area contributed by atoms with Crippen molar-refractivity contribution in [1.82, 2.24) is 4.90 Å². The molecular formula is C19H17BrN2O3. The molecule has 3 amide bonds. The molecule has 2 aromatic rings. The molecule has 25 heavy (non-hydrogen) atoms. The maximum absolute atomic E-state index is 12.8. The second-order valence-electron chi connectivity index (χ2n) is 5.90. The van der Waals surface area contributed by atoms with Crippen LogP contribution in [0.4, 0.5) is 5.69 Å². The number of hydrogen-bond donors (Lipinski definition) is 0. The van der Waals surface area contributed by atoms with Crippen molar-refractivity contribution in [2.24, 2.45) is 0 Å². The number of benzene rings is 2. The molecule has 0 saturated carbocycles. The highest BCUT2D eigenvalue weighted by Crippen LogP contribution is 2.27. The summed E-state index contributed by atoms with van der Waals surface area (Å²) < 4.78 is 0.862. The second kappa shape index (κ2) is 7.19. The van der Waals surface area contributed by atoms with Crippen LogP contribution < -0.4 is 4.90 Å². The number of halogens is 1. The molecule has 5 nitrogen and oxygen atoms in total. The van der Waals surface area contributed by atoms with Gasteiger partial charge < -0.3 is 4.90 Å². The normalized spacial score (nSPS) is 17.0. The van der Waals surface area contributed by atoms with Crippen molar-refractivity contribution < 1.29 is 14.4 Å². The topological polar surface area (TPSA) is 57.7 Å². The van der Waals surface area contributed by atoms with Gasteiger partial charge in [0.15, 0.2) is 0 Å². The molecule has 1 atom stereocenters. The predicted molar refractivity (Wildman–Crippen MR) is 97.7 cm³/mol. The summed E-state index contributed by atoms with van der Waals surface area (Å²) in [5.74, 6) is -0.886. The molecule has 0 aliphatic carbocycles. The summed E-state index contributed by atoms with van der Waals surface area (Å²) in [6, 6.07) is 15.6. The number of carbonyl (C=O) groups excluding carboxylic acids is 3. The third-order valence-corrected chi connectivity index (χ3v) is 4.71. The summed E-state index contributed by atoms with van der Waals surface area (Å²) in [6.07, 6.45) is 0.00130. The fourth-order valence-corrected chi connectivity index (χ4v) is 3.21. The first-order chi connectivity index (χ1) is 12.0. The van der Waals surface area contributed by atoms with Gasteiger partial charge in [0.05, 0.1) is 12.1 Å². The van der Waals surface area contributed by atoms with E-state index in [1.54, 1.807) is 24.3 Å². The van der Waals surface area contributed by atoms with Crippen molar-refractivity contribution in [1.29, 1.82) is 0 Å². The first kappa shape index (κ1) is 17.4. The van der Waals surface area contributed by atoms with Gasteiger partial charge in [0.1, 0.15) is 6.04 Å². The van der Waals surface area contributed by atoms with E-state index in [0.29, 0.717) is 12.2 Å². The summed E-state index contributed by atoms with van der Waals surface area (Å²) >= 11 is 3.33. The molecule has 0 N–H and O–H groups in total. The maximum atomic E-state index is 12.8. The molecule has 0 bridgehead atoms. The summed E-state index contributed by atoms with van der Waals surface area (Å²) in [4.78, 5) is 40.0. The minimum absolute atomic E-state index is 0.00130. The van der Waals surface area contributed by atoms with Gasteiger partial charge in [0.25, 0.3) is 5.91 Å². The Morgan fingerprint density at radius 1 is 1.12 bits per heavy atom. The zero-order valence-electron chi connectivity index (χ0n) is 13.7. The van der Waals surface area contributed by atoms with Crippen molar-refractivity contribution in [3.63, 3.8) is 0 Å². The Bertz CT molecular complexity index is 805. The highest BCUT2D eigenvalue weighted by Gasteiger charge is 2.43. The van der Waals surface area contributed by atoms with Crippen molar-refractivity contribution in [2.45, 2.75) is 25.9 Å². The van der Waals surface area contributed by atoms with Gasteiger partial charge in [0, 0.05) is 17.9 Å². The average Bonchev–Trinajstić information content (AvgIpc) is 2.89. The smallest absolute Gasteiger partial charge is 0.257 e. The summed E-state index contributed by atoms with van der Waals surface area (Å²) in [5, 5.41) is 0. The molecule has 1 saturated heterocycles. The molecule has 1 aliphatic rings. The fourth-order valence-electron chi connectivity index (χ4n) is 2.94. The molecule has 128 valence electrons. The molecule has 0 radical (unpaired) electrons. The van der Waals surface area contributed by atoms with Crippen LogP contribution in [0.5, 0.6) is 0 Å². The molecular weight excluding hydrogens is 384 g/mol. The van der Waals surface area contributed by atoms with Gasteiger partial charge in [-0.1, -0.05) is 46.3 Å². The maximum Gasteiger partial charge on any atom is 0.257 e. The van der Waals surface area contributed by atoms with Gasteiger partial charge in [-0.2, -0.15) is 0 Å². The third kappa shape index (κ3) is 3.64. The van der Waals surface area contributed by atoms with E-state index in [0.717, 1.165) is 14.9 Å². The predicted octanol–water partition coefficient (Wildman–Crippen LogP) is 3.13. The summed E-state index contributed by atoms with van der Waals surface area (Å²) in [7, 11) is 0. The Hall–Kier alpha value is -2.47. The van der Waals surface area contributed by atoms with E-state index >= 15 is 0 Å². The van der Waals surface area contributed by atoms with Crippen LogP contribution in [-0.2, 0) is 20.9 Å². The number of carbonyl (C=O) groups is 3. The quantitative estimate of drug-likeness (QED) is 0.740. The third-order valence-electron chi connectivity index (χ3n) is 4.18.